The quantitative estimate of drug-likeness (QED) is 0.445. The molecule has 1 amide bonds. The van der Waals surface area contributed by atoms with E-state index in [1.807, 2.05) is 24.3 Å². The van der Waals surface area contributed by atoms with Gasteiger partial charge in [-0.1, -0.05) is 29.5 Å². The van der Waals surface area contributed by atoms with Crippen molar-refractivity contribution < 1.29 is 27.4 Å². The summed E-state index contributed by atoms with van der Waals surface area (Å²) >= 11 is 1.55. The van der Waals surface area contributed by atoms with Crippen LogP contribution < -0.4 is 20.1 Å². The van der Waals surface area contributed by atoms with Crippen molar-refractivity contribution in [2.24, 2.45) is 0 Å². The van der Waals surface area contributed by atoms with Crippen LogP contribution >= 0.6 is 11.3 Å². The first-order valence-corrected chi connectivity index (χ1v) is 10.4. The highest BCUT2D eigenvalue weighted by Crippen LogP contribution is 2.30. The van der Waals surface area contributed by atoms with Gasteiger partial charge in [0.1, 0.15) is 0 Å². The predicted molar refractivity (Wildman–Crippen MR) is 114 cm³/mol. The van der Waals surface area contributed by atoms with Gasteiger partial charge in [0.15, 0.2) is 23.2 Å². The van der Waals surface area contributed by atoms with Gasteiger partial charge in [-0.25, -0.2) is 4.98 Å². The highest BCUT2D eigenvalue weighted by atomic mass is 32.1. The van der Waals surface area contributed by atoms with Crippen LogP contribution in [0.4, 0.5) is 18.3 Å². The minimum atomic E-state index is -4.43. The van der Waals surface area contributed by atoms with Gasteiger partial charge in [-0.2, -0.15) is 13.2 Å². The molecule has 0 atom stereocenters. The Bertz CT molecular complexity index is 991. The maximum absolute atomic E-state index is 12.3. The second kappa shape index (κ2) is 10.3. The molecule has 0 bridgehead atoms. The van der Waals surface area contributed by atoms with E-state index in [2.05, 4.69) is 15.6 Å². The molecule has 0 aliphatic carbocycles. The van der Waals surface area contributed by atoms with Crippen molar-refractivity contribution in [3.05, 3.63) is 48.0 Å². The lowest BCUT2D eigenvalue weighted by Crippen LogP contribution is -2.28. The lowest BCUT2D eigenvalue weighted by atomic mass is 10.1. The van der Waals surface area contributed by atoms with Crippen molar-refractivity contribution >= 4 is 32.6 Å². The summed E-state index contributed by atoms with van der Waals surface area (Å²) in [5.74, 6) is 0.0820. The van der Waals surface area contributed by atoms with E-state index in [0.29, 0.717) is 19.5 Å². The Kier molecular flexibility index (Phi) is 7.56. The number of para-hydroxylation sites is 1. The van der Waals surface area contributed by atoms with Gasteiger partial charge < -0.3 is 20.1 Å². The number of amides is 1. The zero-order chi connectivity index (χ0) is 22.3. The zero-order valence-electron chi connectivity index (χ0n) is 16.8. The first-order chi connectivity index (χ1) is 14.8. The number of hydrogen-bond donors (Lipinski definition) is 2. The van der Waals surface area contributed by atoms with Crippen molar-refractivity contribution in [1.29, 1.82) is 0 Å². The number of anilines is 1. The minimum Gasteiger partial charge on any atom is -0.493 e. The number of aryl methyl sites for hydroxylation is 1. The van der Waals surface area contributed by atoms with Gasteiger partial charge in [-0.05, 0) is 36.2 Å². The van der Waals surface area contributed by atoms with Gasteiger partial charge in [0.25, 0.3) is 0 Å². The second-order valence-electron chi connectivity index (χ2n) is 6.65. The summed E-state index contributed by atoms with van der Waals surface area (Å²) in [7, 11) is 1.35. The molecule has 0 unspecified atom stereocenters. The number of nitrogens with zero attached hydrogens (tertiary/aromatic N) is 1. The molecule has 31 heavy (non-hydrogen) atoms. The monoisotopic (exact) mass is 453 g/mol. The topological polar surface area (TPSA) is 72.5 Å². The van der Waals surface area contributed by atoms with E-state index in [1.54, 1.807) is 23.5 Å². The molecule has 0 aliphatic rings. The Labute approximate surface area is 181 Å². The first-order valence-electron chi connectivity index (χ1n) is 9.56. The number of methoxy groups -OCH3 is 1. The number of hydrogen-bond acceptors (Lipinski definition) is 6. The van der Waals surface area contributed by atoms with E-state index in [4.69, 9.17) is 9.47 Å². The van der Waals surface area contributed by atoms with E-state index in [1.165, 1.54) is 13.2 Å². The van der Waals surface area contributed by atoms with Crippen LogP contribution in [0.1, 0.15) is 12.0 Å². The van der Waals surface area contributed by atoms with Crippen molar-refractivity contribution in [3.8, 4) is 11.5 Å². The molecule has 2 aromatic carbocycles. The summed E-state index contributed by atoms with van der Waals surface area (Å²) in [6.07, 6.45) is -3.76. The number of carbonyl (C=O) groups excluding carboxylic acids is 1. The Morgan fingerprint density at radius 3 is 2.68 bits per heavy atom. The number of thiazole rings is 1. The number of ether oxygens (including phenoxy) is 2. The number of fused-ring (bicyclic) bond motifs is 1. The summed E-state index contributed by atoms with van der Waals surface area (Å²) in [6, 6.07) is 12.5. The highest BCUT2D eigenvalue weighted by molar-refractivity contribution is 7.22. The lowest BCUT2D eigenvalue weighted by molar-refractivity contribution is -0.153. The fourth-order valence-corrected chi connectivity index (χ4v) is 3.70. The van der Waals surface area contributed by atoms with Gasteiger partial charge in [0, 0.05) is 19.5 Å². The van der Waals surface area contributed by atoms with Crippen molar-refractivity contribution in [2.75, 3.05) is 32.1 Å². The number of nitrogens with one attached hydrogen (secondary N) is 2. The van der Waals surface area contributed by atoms with Crippen LogP contribution in [0.15, 0.2) is 42.5 Å². The van der Waals surface area contributed by atoms with Crippen LogP contribution in [0.3, 0.4) is 0 Å². The molecule has 3 rings (SSSR count). The maximum atomic E-state index is 12.3. The smallest absolute Gasteiger partial charge is 0.422 e. The molecule has 6 nitrogen and oxygen atoms in total. The average molecular weight is 453 g/mol. The van der Waals surface area contributed by atoms with Crippen LogP contribution in [-0.2, 0) is 11.2 Å². The fourth-order valence-electron chi connectivity index (χ4n) is 2.81. The predicted octanol–water partition coefficient (Wildman–Crippen LogP) is 4.41. The van der Waals surface area contributed by atoms with Gasteiger partial charge in [-0.3, -0.25) is 4.79 Å². The van der Waals surface area contributed by atoms with Gasteiger partial charge >= 0.3 is 6.18 Å². The summed E-state index contributed by atoms with van der Waals surface area (Å²) in [5.41, 5.74) is 1.70. The highest BCUT2D eigenvalue weighted by Gasteiger charge is 2.29. The molecule has 0 fully saturated rings. The lowest BCUT2D eigenvalue weighted by Gasteiger charge is -2.13. The molecule has 10 heteroatoms. The molecule has 2 N–H and O–H groups in total. The van der Waals surface area contributed by atoms with Crippen LogP contribution in [0.5, 0.6) is 11.5 Å². The zero-order valence-corrected chi connectivity index (χ0v) is 17.6. The summed E-state index contributed by atoms with van der Waals surface area (Å²) < 4.78 is 47.9. The molecule has 0 spiro atoms. The van der Waals surface area contributed by atoms with E-state index < -0.39 is 12.8 Å². The molecule has 166 valence electrons. The van der Waals surface area contributed by atoms with Crippen LogP contribution in [-0.4, -0.2) is 43.9 Å². The Balaban J connectivity index is 1.40. The standard InChI is InChI=1S/C21H22F3N3O3S/c1-29-17-12-14(6-8-16(17)30-13-21(22,23)24)7-9-19(28)25-10-11-26-20-27-15-4-2-3-5-18(15)31-20/h2-6,8,12H,7,9-11,13H2,1H3,(H,25,28)(H,26,27). The maximum Gasteiger partial charge on any atom is 0.422 e. The number of carbonyl (C=O) groups is 1. The molecule has 0 aliphatic heterocycles. The third-order valence-electron chi connectivity index (χ3n) is 4.28. The Morgan fingerprint density at radius 2 is 1.94 bits per heavy atom. The first kappa shape index (κ1) is 22.7. The number of benzene rings is 2. The van der Waals surface area contributed by atoms with Gasteiger partial charge in [0.05, 0.1) is 17.3 Å². The van der Waals surface area contributed by atoms with E-state index in [-0.39, 0.29) is 23.8 Å². The number of rotatable bonds is 10. The van der Waals surface area contributed by atoms with Gasteiger partial charge in [0.2, 0.25) is 5.91 Å². The molecule has 1 heterocycles. The van der Waals surface area contributed by atoms with Crippen molar-refractivity contribution in [3.63, 3.8) is 0 Å². The van der Waals surface area contributed by atoms with E-state index in [0.717, 1.165) is 20.9 Å². The Morgan fingerprint density at radius 1 is 1.13 bits per heavy atom. The molecule has 1 aromatic heterocycles. The molecule has 3 aromatic rings. The second-order valence-corrected chi connectivity index (χ2v) is 7.68. The fraction of sp³-hybridized carbons (Fsp3) is 0.333. The minimum absolute atomic E-state index is 0.00829. The van der Waals surface area contributed by atoms with E-state index >= 15 is 0 Å². The van der Waals surface area contributed by atoms with Crippen LogP contribution in [0, 0.1) is 0 Å². The number of alkyl halides is 3. The molecule has 0 radical (unpaired) electrons. The van der Waals surface area contributed by atoms with Crippen LogP contribution in [0.2, 0.25) is 0 Å². The average Bonchev–Trinajstić information content (AvgIpc) is 3.16. The molecule has 0 saturated carbocycles. The summed E-state index contributed by atoms with van der Waals surface area (Å²) in [5, 5.41) is 6.82. The summed E-state index contributed by atoms with van der Waals surface area (Å²) in [6.45, 7) is -0.400. The molecule has 0 saturated heterocycles. The third-order valence-corrected chi connectivity index (χ3v) is 5.27. The van der Waals surface area contributed by atoms with E-state index in [9.17, 15) is 18.0 Å². The SMILES string of the molecule is COc1cc(CCC(=O)NCCNc2nc3ccccc3s2)ccc1OCC(F)(F)F. The van der Waals surface area contributed by atoms with Crippen LogP contribution in [0.25, 0.3) is 10.2 Å². The normalized spacial score (nSPS) is 11.4. The number of halogens is 3. The molecular weight excluding hydrogens is 431 g/mol. The van der Waals surface area contributed by atoms with Gasteiger partial charge in [-0.15, -0.1) is 0 Å². The van der Waals surface area contributed by atoms with Crippen molar-refractivity contribution in [1.82, 2.24) is 10.3 Å². The third kappa shape index (κ3) is 7.02. The molecular formula is C21H22F3N3O3S. The Hall–Kier alpha value is -3.01. The van der Waals surface area contributed by atoms with Crippen molar-refractivity contribution in [2.45, 2.75) is 19.0 Å². The largest absolute Gasteiger partial charge is 0.493 e. The summed E-state index contributed by atoms with van der Waals surface area (Å²) in [4.78, 5) is 16.5. The number of aromatic nitrogens is 1.